The molecule has 9 nitrogen and oxygen atoms in total. The van der Waals surface area contributed by atoms with Gasteiger partial charge in [-0.05, 0) is 53.8 Å². The van der Waals surface area contributed by atoms with Crippen LogP contribution in [0.15, 0.2) is 75.8 Å². The number of rotatable bonds is 7. The SMILES string of the molecule is CCc1c(Cl)ccc(S(=O)(=O)O)c1N=Nc1c(O)c(C(=O)Nc2ccc(OC)c(Cl)c2)cc2ccccc12. The van der Waals surface area contributed by atoms with E-state index in [0.717, 1.165) is 6.07 Å². The van der Waals surface area contributed by atoms with Gasteiger partial charge in [0.15, 0.2) is 5.75 Å². The average Bonchev–Trinajstić information content (AvgIpc) is 2.87. The molecule has 0 aromatic heterocycles. The molecule has 1 amide bonds. The maximum absolute atomic E-state index is 13.2. The highest BCUT2D eigenvalue weighted by Crippen LogP contribution is 2.41. The zero-order valence-corrected chi connectivity index (χ0v) is 22.4. The molecule has 12 heteroatoms. The van der Waals surface area contributed by atoms with Crippen molar-refractivity contribution in [1.29, 1.82) is 0 Å². The lowest BCUT2D eigenvalue weighted by Gasteiger charge is -2.13. The molecule has 0 heterocycles. The number of methoxy groups -OCH3 is 1. The summed E-state index contributed by atoms with van der Waals surface area (Å²) in [6.07, 6.45) is 0.288. The van der Waals surface area contributed by atoms with E-state index in [1.807, 2.05) is 0 Å². The van der Waals surface area contributed by atoms with Crippen LogP contribution in [0.2, 0.25) is 10.0 Å². The number of hydrogen-bond acceptors (Lipinski definition) is 7. The first-order valence-electron chi connectivity index (χ1n) is 11.1. The molecule has 3 N–H and O–H groups in total. The zero-order chi connectivity index (χ0) is 27.6. The van der Waals surface area contributed by atoms with Crippen molar-refractivity contribution >= 4 is 67.1 Å². The molecule has 0 aliphatic carbocycles. The van der Waals surface area contributed by atoms with Gasteiger partial charge in [-0.1, -0.05) is 54.4 Å². The van der Waals surface area contributed by atoms with E-state index in [0.29, 0.717) is 27.8 Å². The molecule has 4 aromatic rings. The summed E-state index contributed by atoms with van der Waals surface area (Å²) < 4.78 is 38.8. The maximum atomic E-state index is 13.2. The summed E-state index contributed by atoms with van der Waals surface area (Å²) in [5.74, 6) is -0.711. The number of nitrogens with one attached hydrogen (secondary N) is 1. The highest BCUT2D eigenvalue weighted by atomic mass is 35.5. The van der Waals surface area contributed by atoms with Gasteiger partial charge in [-0.15, -0.1) is 10.2 Å². The largest absolute Gasteiger partial charge is 0.505 e. The molecule has 0 atom stereocenters. The van der Waals surface area contributed by atoms with Gasteiger partial charge < -0.3 is 15.2 Å². The summed E-state index contributed by atoms with van der Waals surface area (Å²) in [4.78, 5) is 12.7. The fourth-order valence-electron chi connectivity index (χ4n) is 3.88. The molecular weight excluding hydrogens is 553 g/mol. The van der Waals surface area contributed by atoms with Crippen molar-refractivity contribution in [3.63, 3.8) is 0 Å². The van der Waals surface area contributed by atoms with Crippen LogP contribution in [0.25, 0.3) is 10.8 Å². The molecule has 0 saturated carbocycles. The van der Waals surface area contributed by atoms with Crippen molar-refractivity contribution in [2.45, 2.75) is 18.2 Å². The van der Waals surface area contributed by atoms with Gasteiger partial charge in [-0.3, -0.25) is 9.35 Å². The number of carbonyl (C=O) groups excluding carboxylic acids is 1. The van der Waals surface area contributed by atoms with Crippen LogP contribution in [-0.2, 0) is 16.5 Å². The number of halogens is 2. The summed E-state index contributed by atoms with van der Waals surface area (Å²) in [6.45, 7) is 1.73. The molecule has 0 aliphatic rings. The highest BCUT2D eigenvalue weighted by molar-refractivity contribution is 7.86. The van der Waals surface area contributed by atoms with Crippen molar-refractivity contribution in [2.75, 3.05) is 12.4 Å². The summed E-state index contributed by atoms with van der Waals surface area (Å²) >= 11 is 12.4. The van der Waals surface area contributed by atoms with Crippen LogP contribution in [0, 0.1) is 0 Å². The number of ether oxygens (including phenoxy) is 1. The van der Waals surface area contributed by atoms with E-state index < -0.39 is 26.7 Å². The Morgan fingerprint density at radius 3 is 2.37 bits per heavy atom. The standard InChI is InChI=1S/C26H21Cl2N3O6S/c1-3-16-19(27)9-11-22(38(34,35)36)23(16)30-31-24-17-7-5-4-6-14(17)12-18(25(24)32)26(33)29-15-8-10-21(37-2)20(28)13-15/h4-13,32H,3H2,1-2H3,(H,29,33)(H,34,35,36). The fraction of sp³-hybridized carbons (Fsp3) is 0.115. The lowest BCUT2D eigenvalue weighted by molar-refractivity contribution is 0.102. The predicted molar refractivity (Wildman–Crippen MR) is 146 cm³/mol. The smallest absolute Gasteiger partial charge is 0.296 e. The Hall–Kier alpha value is -3.70. The first-order valence-corrected chi connectivity index (χ1v) is 13.3. The minimum atomic E-state index is -4.66. The van der Waals surface area contributed by atoms with Gasteiger partial charge in [0.1, 0.15) is 22.0 Å². The molecule has 4 rings (SSSR count). The third-order valence-electron chi connectivity index (χ3n) is 5.72. The molecule has 0 spiro atoms. The second-order valence-electron chi connectivity index (χ2n) is 8.05. The Kier molecular flexibility index (Phi) is 7.89. The van der Waals surface area contributed by atoms with Crippen LogP contribution in [0.5, 0.6) is 11.5 Å². The Morgan fingerprint density at radius 2 is 1.71 bits per heavy atom. The van der Waals surface area contributed by atoms with E-state index in [1.165, 1.54) is 25.3 Å². The second-order valence-corrected chi connectivity index (χ2v) is 10.3. The number of aromatic hydroxyl groups is 1. The first-order chi connectivity index (χ1) is 18.0. The number of hydrogen-bond donors (Lipinski definition) is 3. The van der Waals surface area contributed by atoms with Gasteiger partial charge in [-0.25, -0.2) is 0 Å². The minimum absolute atomic E-state index is 0.0793. The zero-order valence-electron chi connectivity index (χ0n) is 20.1. The van der Waals surface area contributed by atoms with E-state index in [-0.39, 0.29) is 33.4 Å². The number of anilines is 1. The summed E-state index contributed by atoms with van der Waals surface area (Å²) in [7, 11) is -3.20. The fourth-order valence-corrected chi connectivity index (χ4v) is 5.07. The quantitative estimate of drug-likeness (QED) is 0.156. The van der Waals surface area contributed by atoms with Gasteiger partial charge >= 0.3 is 0 Å². The van der Waals surface area contributed by atoms with Crippen LogP contribution in [0.3, 0.4) is 0 Å². The summed E-state index contributed by atoms with van der Waals surface area (Å²) in [6, 6.07) is 15.5. The van der Waals surface area contributed by atoms with Crippen molar-refractivity contribution < 1.29 is 27.6 Å². The number of nitrogens with zero attached hydrogens (tertiary/aromatic N) is 2. The number of phenolic OH excluding ortho intramolecular Hbond substituents is 1. The lowest BCUT2D eigenvalue weighted by Crippen LogP contribution is -2.12. The van der Waals surface area contributed by atoms with E-state index in [4.69, 9.17) is 27.9 Å². The Morgan fingerprint density at radius 1 is 1.00 bits per heavy atom. The molecule has 0 radical (unpaired) electrons. The summed E-state index contributed by atoms with van der Waals surface area (Å²) in [5.41, 5.74) is 0.333. The summed E-state index contributed by atoms with van der Waals surface area (Å²) in [5, 5.41) is 23.5. The number of azo groups is 1. The lowest BCUT2D eigenvalue weighted by atomic mass is 10.0. The second kappa shape index (κ2) is 11.0. The molecule has 0 bridgehead atoms. The third kappa shape index (κ3) is 5.44. The van der Waals surface area contributed by atoms with Crippen molar-refractivity contribution in [3.05, 3.63) is 81.8 Å². The van der Waals surface area contributed by atoms with Crippen LogP contribution >= 0.6 is 23.2 Å². The van der Waals surface area contributed by atoms with Crippen LogP contribution < -0.4 is 10.1 Å². The molecule has 0 unspecified atom stereocenters. The number of carbonyl (C=O) groups is 1. The van der Waals surface area contributed by atoms with Crippen molar-refractivity contribution in [2.24, 2.45) is 10.2 Å². The van der Waals surface area contributed by atoms with Crippen LogP contribution in [-0.4, -0.2) is 31.1 Å². The van der Waals surface area contributed by atoms with E-state index in [9.17, 15) is 22.9 Å². The van der Waals surface area contributed by atoms with Gasteiger partial charge in [0.25, 0.3) is 16.0 Å². The monoisotopic (exact) mass is 573 g/mol. The molecule has 0 fully saturated rings. The minimum Gasteiger partial charge on any atom is -0.505 e. The molecular formula is C26H21Cl2N3O6S. The van der Waals surface area contributed by atoms with Gasteiger partial charge in [0, 0.05) is 16.1 Å². The average molecular weight is 574 g/mol. The topological polar surface area (TPSA) is 138 Å². The third-order valence-corrected chi connectivity index (χ3v) is 7.25. The molecule has 4 aromatic carbocycles. The number of benzene rings is 4. The Bertz CT molecular complexity index is 1710. The predicted octanol–water partition coefficient (Wildman–Crippen LogP) is 7.34. The van der Waals surface area contributed by atoms with Crippen LogP contribution in [0.1, 0.15) is 22.8 Å². The Labute approximate surface area is 228 Å². The number of phenols is 1. The molecule has 196 valence electrons. The molecule has 38 heavy (non-hydrogen) atoms. The van der Waals surface area contributed by atoms with Crippen LogP contribution in [0.4, 0.5) is 17.1 Å². The first kappa shape index (κ1) is 27.3. The van der Waals surface area contributed by atoms with E-state index in [1.54, 1.807) is 43.3 Å². The number of fused-ring (bicyclic) bond motifs is 1. The molecule has 0 aliphatic heterocycles. The molecule has 0 saturated heterocycles. The van der Waals surface area contributed by atoms with Gasteiger partial charge in [0.2, 0.25) is 0 Å². The van der Waals surface area contributed by atoms with Gasteiger partial charge in [-0.2, -0.15) is 8.42 Å². The van der Waals surface area contributed by atoms with Crippen molar-refractivity contribution in [1.82, 2.24) is 0 Å². The van der Waals surface area contributed by atoms with E-state index >= 15 is 0 Å². The van der Waals surface area contributed by atoms with Crippen molar-refractivity contribution in [3.8, 4) is 11.5 Å². The number of amides is 1. The van der Waals surface area contributed by atoms with Gasteiger partial charge in [0.05, 0.1) is 17.7 Å². The maximum Gasteiger partial charge on any atom is 0.296 e. The highest BCUT2D eigenvalue weighted by Gasteiger charge is 2.22. The van der Waals surface area contributed by atoms with E-state index in [2.05, 4.69) is 15.5 Å². The normalized spacial score (nSPS) is 11.7. The Balaban J connectivity index is 1.85.